The first-order chi connectivity index (χ1) is 8.28. The van der Waals surface area contributed by atoms with Gasteiger partial charge in [-0.2, -0.15) is 0 Å². The largest absolute Gasteiger partial charge is 0.493 e. The minimum absolute atomic E-state index is 0.500. The lowest BCUT2D eigenvalue weighted by molar-refractivity contribution is 0.299. The van der Waals surface area contributed by atoms with Crippen LogP contribution in [0, 0.1) is 0 Å². The number of anilines is 1. The van der Waals surface area contributed by atoms with Gasteiger partial charge < -0.3 is 14.9 Å². The molecule has 0 spiro atoms. The van der Waals surface area contributed by atoms with E-state index in [4.69, 9.17) is 14.9 Å². The summed E-state index contributed by atoms with van der Waals surface area (Å²) in [5.41, 5.74) is 6.29. The topological polar surface area (TPSA) is 74.2 Å². The summed E-state index contributed by atoms with van der Waals surface area (Å²) >= 11 is 1.43. The summed E-state index contributed by atoms with van der Waals surface area (Å²) in [5, 5.41) is 8.32. The first kappa shape index (κ1) is 11.8. The third kappa shape index (κ3) is 3.39. The second-order valence-corrected chi connectivity index (χ2v) is 4.09. The van der Waals surface area contributed by atoms with E-state index in [1.807, 2.05) is 18.4 Å². The Labute approximate surface area is 103 Å². The Morgan fingerprint density at radius 1 is 1.29 bits per heavy atom. The number of nitrogen functional groups attached to an aromatic ring is 1. The number of nitrogens with two attached hydrogens (primary N) is 1. The number of hydrogen-bond acceptors (Lipinski definition) is 6. The molecule has 1 aromatic carbocycles. The number of thioether (sulfide) groups is 1. The molecule has 0 saturated heterocycles. The van der Waals surface area contributed by atoms with Crippen LogP contribution in [0.2, 0.25) is 0 Å². The molecule has 0 aliphatic rings. The summed E-state index contributed by atoms with van der Waals surface area (Å²) in [6.45, 7) is 0.500. The molecule has 2 rings (SSSR count). The van der Waals surface area contributed by atoms with Gasteiger partial charge in [0.15, 0.2) is 0 Å². The van der Waals surface area contributed by atoms with E-state index in [2.05, 4.69) is 10.2 Å². The van der Waals surface area contributed by atoms with Crippen molar-refractivity contribution in [1.29, 1.82) is 0 Å². The van der Waals surface area contributed by atoms with Gasteiger partial charge in [0.05, 0.1) is 13.0 Å². The van der Waals surface area contributed by atoms with E-state index < -0.39 is 0 Å². The third-order valence-electron chi connectivity index (χ3n) is 2.09. The van der Waals surface area contributed by atoms with E-state index >= 15 is 0 Å². The molecule has 17 heavy (non-hydrogen) atoms. The maximum Gasteiger partial charge on any atom is 0.276 e. The highest BCUT2D eigenvalue weighted by Crippen LogP contribution is 2.14. The molecule has 6 heteroatoms. The molecular formula is C11H13N3O2S. The molecule has 0 bridgehead atoms. The first-order valence-corrected chi connectivity index (χ1v) is 6.35. The van der Waals surface area contributed by atoms with Crippen molar-refractivity contribution in [1.82, 2.24) is 10.2 Å². The number of benzene rings is 1. The lowest BCUT2D eigenvalue weighted by Crippen LogP contribution is -2.01. The van der Waals surface area contributed by atoms with Crippen LogP contribution in [0.5, 0.6) is 5.75 Å². The number of nitrogens with zero attached hydrogens (tertiary/aromatic N) is 2. The zero-order chi connectivity index (χ0) is 12.1. The Bertz CT molecular complexity index is 470. The van der Waals surface area contributed by atoms with Crippen molar-refractivity contribution in [2.45, 2.75) is 11.6 Å². The average Bonchev–Trinajstić information content (AvgIpc) is 2.80. The Balaban J connectivity index is 1.81. The summed E-state index contributed by atoms with van der Waals surface area (Å²) < 4.78 is 10.8. The monoisotopic (exact) mass is 251 g/mol. The van der Waals surface area contributed by atoms with Gasteiger partial charge in [0.1, 0.15) is 5.75 Å². The van der Waals surface area contributed by atoms with E-state index in [-0.39, 0.29) is 0 Å². The SMILES string of the molecule is CSc1nnc(CCOc2ccc(N)cc2)o1. The second-order valence-electron chi connectivity index (χ2n) is 3.33. The summed E-state index contributed by atoms with van der Waals surface area (Å²) in [4.78, 5) is 0. The van der Waals surface area contributed by atoms with Gasteiger partial charge in [-0.1, -0.05) is 11.8 Å². The van der Waals surface area contributed by atoms with Crippen molar-refractivity contribution in [3.05, 3.63) is 30.2 Å². The number of ether oxygens (including phenoxy) is 1. The maximum absolute atomic E-state index is 5.57. The van der Waals surface area contributed by atoms with Crippen molar-refractivity contribution in [3.8, 4) is 5.75 Å². The molecule has 0 saturated carbocycles. The molecule has 0 aliphatic carbocycles. The van der Waals surface area contributed by atoms with Gasteiger partial charge in [0.25, 0.3) is 5.22 Å². The van der Waals surface area contributed by atoms with E-state index in [9.17, 15) is 0 Å². The van der Waals surface area contributed by atoms with Gasteiger partial charge in [-0.3, -0.25) is 0 Å². The van der Waals surface area contributed by atoms with Crippen LogP contribution < -0.4 is 10.5 Å². The smallest absolute Gasteiger partial charge is 0.276 e. The Kier molecular flexibility index (Phi) is 3.87. The van der Waals surface area contributed by atoms with Crippen molar-refractivity contribution in [3.63, 3.8) is 0 Å². The van der Waals surface area contributed by atoms with Gasteiger partial charge in [-0.25, -0.2) is 0 Å². The molecule has 2 N–H and O–H groups in total. The van der Waals surface area contributed by atoms with Crippen LogP contribution in [0.15, 0.2) is 33.9 Å². The van der Waals surface area contributed by atoms with E-state index in [1.165, 1.54) is 11.8 Å². The molecular weight excluding hydrogens is 238 g/mol. The lowest BCUT2D eigenvalue weighted by atomic mass is 10.3. The van der Waals surface area contributed by atoms with E-state index in [0.717, 1.165) is 11.4 Å². The van der Waals surface area contributed by atoms with Crippen LogP contribution in [-0.4, -0.2) is 23.1 Å². The summed E-state index contributed by atoms with van der Waals surface area (Å²) in [5.74, 6) is 1.37. The standard InChI is InChI=1S/C11H13N3O2S/c1-17-11-14-13-10(16-11)6-7-15-9-4-2-8(12)3-5-9/h2-5H,6-7,12H2,1H3. The second kappa shape index (κ2) is 5.58. The zero-order valence-electron chi connectivity index (χ0n) is 9.42. The molecule has 90 valence electrons. The van der Waals surface area contributed by atoms with Crippen LogP contribution in [0.25, 0.3) is 0 Å². The third-order valence-corrected chi connectivity index (χ3v) is 2.60. The normalized spacial score (nSPS) is 10.4. The van der Waals surface area contributed by atoms with Gasteiger partial charge >= 0.3 is 0 Å². The molecule has 5 nitrogen and oxygen atoms in total. The fourth-order valence-corrected chi connectivity index (χ4v) is 1.54. The van der Waals surface area contributed by atoms with Gasteiger partial charge in [-0.15, -0.1) is 10.2 Å². The minimum Gasteiger partial charge on any atom is -0.493 e. The lowest BCUT2D eigenvalue weighted by Gasteiger charge is -2.04. The zero-order valence-corrected chi connectivity index (χ0v) is 10.2. The number of rotatable bonds is 5. The molecule has 0 unspecified atom stereocenters. The molecule has 0 radical (unpaired) electrons. The summed E-state index contributed by atoms with van der Waals surface area (Å²) in [6, 6.07) is 7.26. The Morgan fingerprint density at radius 3 is 2.71 bits per heavy atom. The van der Waals surface area contributed by atoms with Crippen molar-refractivity contribution in [2.75, 3.05) is 18.6 Å². The summed E-state index contributed by atoms with van der Waals surface area (Å²) in [7, 11) is 0. The predicted molar refractivity (Wildman–Crippen MR) is 66.1 cm³/mol. The Hall–Kier alpha value is -1.69. The quantitative estimate of drug-likeness (QED) is 0.647. The fourth-order valence-electron chi connectivity index (χ4n) is 1.24. The molecule has 0 fully saturated rings. The molecule has 0 atom stereocenters. The molecule has 0 amide bonds. The van der Waals surface area contributed by atoms with Crippen LogP contribution in [0.4, 0.5) is 5.69 Å². The van der Waals surface area contributed by atoms with Crippen molar-refractivity contribution < 1.29 is 9.15 Å². The molecule has 0 aliphatic heterocycles. The van der Waals surface area contributed by atoms with Gasteiger partial charge in [0, 0.05) is 5.69 Å². The summed E-state index contributed by atoms with van der Waals surface area (Å²) in [6.07, 6.45) is 2.49. The molecule has 1 aromatic heterocycles. The van der Waals surface area contributed by atoms with Gasteiger partial charge in [0.2, 0.25) is 5.89 Å². The minimum atomic E-state index is 0.500. The number of aromatic nitrogens is 2. The van der Waals surface area contributed by atoms with Crippen LogP contribution in [0.1, 0.15) is 5.89 Å². The van der Waals surface area contributed by atoms with Crippen LogP contribution >= 0.6 is 11.8 Å². The van der Waals surface area contributed by atoms with Crippen LogP contribution in [-0.2, 0) is 6.42 Å². The first-order valence-electron chi connectivity index (χ1n) is 5.12. The van der Waals surface area contributed by atoms with E-state index in [0.29, 0.717) is 24.1 Å². The van der Waals surface area contributed by atoms with Crippen LogP contribution in [0.3, 0.4) is 0 Å². The number of hydrogen-bond donors (Lipinski definition) is 1. The maximum atomic E-state index is 5.57. The van der Waals surface area contributed by atoms with Crippen molar-refractivity contribution >= 4 is 17.4 Å². The molecule has 1 heterocycles. The fraction of sp³-hybridized carbons (Fsp3) is 0.273. The van der Waals surface area contributed by atoms with Gasteiger partial charge in [-0.05, 0) is 30.5 Å². The highest BCUT2D eigenvalue weighted by molar-refractivity contribution is 7.98. The predicted octanol–water partition coefficient (Wildman–Crippen LogP) is 2.00. The highest BCUT2D eigenvalue weighted by Gasteiger charge is 2.04. The molecule has 2 aromatic rings. The highest BCUT2D eigenvalue weighted by atomic mass is 32.2. The average molecular weight is 251 g/mol. The van der Waals surface area contributed by atoms with Crippen molar-refractivity contribution in [2.24, 2.45) is 0 Å². The van der Waals surface area contributed by atoms with E-state index in [1.54, 1.807) is 12.1 Å². The Morgan fingerprint density at radius 2 is 2.06 bits per heavy atom.